The van der Waals surface area contributed by atoms with Crippen LogP contribution in [0.5, 0.6) is 0 Å². The molecule has 0 heterocycles. The Morgan fingerprint density at radius 1 is 1.06 bits per heavy atom. The van der Waals surface area contributed by atoms with Gasteiger partial charge in [0.1, 0.15) is 0 Å². The van der Waals surface area contributed by atoms with Gasteiger partial charge >= 0.3 is 0 Å². The van der Waals surface area contributed by atoms with Crippen LogP contribution in [0.3, 0.4) is 0 Å². The number of aryl methyl sites for hydroxylation is 1. The Bertz CT molecular complexity index is 326. The molecule has 1 aromatic carbocycles. The van der Waals surface area contributed by atoms with Crippen molar-refractivity contribution >= 4 is 0 Å². The van der Waals surface area contributed by atoms with E-state index in [1.807, 2.05) is 37.3 Å². The van der Waals surface area contributed by atoms with E-state index in [1.165, 1.54) is 5.56 Å². The van der Waals surface area contributed by atoms with Gasteiger partial charge in [-0.2, -0.15) is 0 Å². The van der Waals surface area contributed by atoms with E-state index in [-0.39, 0.29) is 18.4 Å². The van der Waals surface area contributed by atoms with Gasteiger partial charge in [-0.15, -0.1) is 0 Å². The number of aliphatic hydroxyl groups is 3. The van der Waals surface area contributed by atoms with E-state index in [4.69, 9.17) is 5.11 Å². The summed E-state index contributed by atoms with van der Waals surface area (Å²) in [4.78, 5) is 0. The quantitative estimate of drug-likeness (QED) is 0.691. The van der Waals surface area contributed by atoms with Crippen LogP contribution in [0.25, 0.3) is 0 Å². The summed E-state index contributed by atoms with van der Waals surface area (Å²) in [7, 11) is 0. The van der Waals surface area contributed by atoms with E-state index >= 15 is 0 Å². The number of hydrogen-bond donors (Lipinski definition) is 3. The second kappa shape index (κ2) is 7.52. The molecule has 0 aliphatic carbocycles. The number of benzene rings is 1. The number of rotatable bonds is 7. The molecule has 0 saturated carbocycles. The lowest BCUT2D eigenvalue weighted by atomic mass is 9.87. The highest BCUT2D eigenvalue weighted by Gasteiger charge is 2.26. The lowest BCUT2D eigenvalue weighted by molar-refractivity contribution is -0.0217. The first-order valence-corrected chi connectivity index (χ1v) is 6.57. The standard InChI is InChI=1S/C15H24O3/c1-11(10-16)15(18)12(2)14(17)9-8-13-6-4-3-5-7-13/h3-7,11-12,14-18H,8-10H2,1-2H3/t11-,12+,14+,15-/m0/s1. The van der Waals surface area contributed by atoms with Crippen LogP contribution in [-0.4, -0.2) is 34.1 Å². The summed E-state index contributed by atoms with van der Waals surface area (Å²) < 4.78 is 0. The zero-order chi connectivity index (χ0) is 13.5. The molecule has 0 unspecified atom stereocenters. The summed E-state index contributed by atoms with van der Waals surface area (Å²) in [5.41, 5.74) is 1.19. The van der Waals surface area contributed by atoms with Gasteiger partial charge in [0.15, 0.2) is 0 Å². The smallest absolute Gasteiger partial charge is 0.0637 e. The van der Waals surface area contributed by atoms with Gasteiger partial charge in [-0.3, -0.25) is 0 Å². The third-order valence-corrected chi connectivity index (χ3v) is 3.59. The molecule has 102 valence electrons. The summed E-state index contributed by atoms with van der Waals surface area (Å²) in [5, 5.41) is 29.0. The Morgan fingerprint density at radius 2 is 1.67 bits per heavy atom. The van der Waals surface area contributed by atoms with E-state index < -0.39 is 12.2 Å². The fourth-order valence-corrected chi connectivity index (χ4v) is 2.08. The molecule has 0 aromatic heterocycles. The lowest BCUT2D eigenvalue weighted by Crippen LogP contribution is -2.35. The molecular formula is C15H24O3. The highest BCUT2D eigenvalue weighted by molar-refractivity contribution is 5.14. The molecule has 0 fully saturated rings. The third kappa shape index (κ3) is 4.41. The first-order valence-electron chi connectivity index (χ1n) is 6.57. The maximum atomic E-state index is 10.1. The van der Waals surface area contributed by atoms with E-state index in [1.54, 1.807) is 6.92 Å². The molecule has 3 heteroatoms. The zero-order valence-electron chi connectivity index (χ0n) is 11.2. The van der Waals surface area contributed by atoms with Crippen molar-refractivity contribution in [3.63, 3.8) is 0 Å². The topological polar surface area (TPSA) is 60.7 Å². The third-order valence-electron chi connectivity index (χ3n) is 3.59. The lowest BCUT2D eigenvalue weighted by Gasteiger charge is -2.27. The maximum Gasteiger partial charge on any atom is 0.0637 e. The Hall–Kier alpha value is -0.900. The fraction of sp³-hybridized carbons (Fsp3) is 0.600. The highest BCUT2D eigenvalue weighted by atomic mass is 16.3. The molecule has 3 N–H and O–H groups in total. The van der Waals surface area contributed by atoms with Gasteiger partial charge in [-0.1, -0.05) is 44.2 Å². The van der Waals surface area contributed by atoms with Crippen LogP contribution in [0.1, 0.15) is 25.8 Å². The van der Waals surface area contributed by atoms with Crippen molar-refractivity contribution in [2.45, 2.75) is 38.9 Å². The van der Waals surface area contributed by atoms with Crippen LogP contribution in [0.2, 0.25) is 0 Å². The Kier molecular flexibility index (Phi) is 6.33. The molecule has 0 aliphatic rings. The average molecular weight is 252 g/mol. The monoisotopic (exact) mass is 252 g/mol. The second-order valence-electron chi connectivity index (χ2n) is 5.10. The van der Waals surface area contributed by atoms with Crippen LogP contribution in [0, 0.1) is 11.8 Å². The molecular weight excluding hydrogens is 228 g/mol. The summed E-state index contributed by atoms with van der Waals surface area (Å²) >= 11 is 0. The summed E-state index contributed by atoms with van der Waals surface area (Å²) in [6.07, 6.45) is 0.211. The molecule has 0 aliphatic heterocycles. The highest BCUT2D eigenvalue weighted by Crippen LogP contribution is 2.19. The van der Waals surface area contributed by atoms with Gasteiger partial charge in [0.05, 0.1) is 12.2 Å². The molecule has 0 spiro atoms. The van der Waals surface area contributed by atoms with Crippen LogP contribution in [-0.2, 0) is 6.42 Å². The van der Waals surface area contributed by atoms with Crippen molar-refractivity contribution in [2.75, 3.05) is 6.61 Å². The van der Waals surface area contributed by atoms with Gasteiger partial charge in [0.2, 0.25) is 0 Å². The molecule has 0 radical (unpaired) electrons. The zero-order valence-corrected chi connectivity index (χ0v) is 11.2. The molecule has 3 nitrogen and oxygen atoms in total. The minimum absolute atomic E-state index is 0.0586. The van der Waals surface area contributed by atoms with Crippen molar-refractivity contribution in [2.24, 2.45) is 11.8 Å². The molecule has 18 heavy (non-hydrogen) atoms. The molecule has 0 saturated heterocycles. The van der Waals surface area contributed by atoms with Crippen molar-refractivity contribution < 1.29 is 15.3 Å². The largest absolute Gasteiger partial charge is 0.396 e. The van der Waals surface area contributed by atoms with Gasteiger partial charge in [0, 0.05) is 18.4 Å². The van der Waals surface area contributed by atoms with Gasteiger partial charge in [0.25, 0.3) is 0 Å². The maximum absolute atomic E-state index is 10.1. The van der Waals surface area contributed by atoms with Crippen molar-refractivity contribution in [1.29, 1.82) is 0 Å². The van der Waals surface area contributed by atoms with Gasteiger partial charge in [-0.05, 0) is 18.4 Å². The predicted octanol–water partition coefficient (Wildman–Crippen LogP) is 1.61. The van der Waals surface area contributed by atoms with Crippen LogP contribution in [0.4, 0.5) is 0 Å². The minimum Gasteiger partial charge on any atom is -0.396 e. The first-order chi connectivity index (χ1) is 8.56. The summed E-state index contributed by atoms with van der Waals surface area (Å²) in [5.74, 6) is -0.428. The number of aliphatic hydroxyl groups excluding tert-OH is 3. The van der Waals surface area contributed by atoms with Crippen molar-refractivity contribution in [3.05, 3.63) is 35.9 Å². The number of hydrogen-bond acceptors (Lipinski definition) is 3. The molecule has 0 amide bonds. The normalized spacial score (nSPS) is 18.1. The van der Waals surface area contributed by atoms with Crippen LogP contribution >= 0.6 is 0 Å². The first kappa shape index (κ1) is 15.2. The Morgan fingerprint density at radius 3 is 2.22 bits per heavy atom. The van der Waals surface area contributed by atoms with Gasteiger partial charge < -0.3 is 15.3 Å². The molecule has 4 atom stereocenters. The van der Waals surface area contributed by atoms with Crippen LogP contribution < -0.4 is 0 Å². The van der Waals surface area contributed by atoms with Crippen molar-refractivity contribution in [3.8, 4) is 0 Å². The van der Waals surface area contributed by atoms with E-state index in [0.717, 1.165) is 6.42 Å². The average Bonchev–Trinajstić information content (AvgIpc) is 2.43. The van der Waals surface area contributed by atoms with E-state index in [2.05, 4.69) is 0 Å². The van der Waals surface area contributed by atoms with Crippen molar-refractivity contribution in [1.82, 2.24) is 0 Å². The molecule has 1 aromatic rings. The Labute approximate surface area is 109 Å². The fourth-order valence-electron chi connectivity index (χ4n) is 2.08. The minimum atomic E-state index is -0.666. The predicted molar refractivity (Wildman–Crippen MR) is 72.2 cm³/mol. The molecule has 1 rings (SSSR count). The molecule has 0 bridgehead atoms. The summed E-state index contributed by atoms with van der Waals surface area (Å²) in [6.45, 7) is 3.55. The second-order valence-corrected chi connectivity index (χ2v) is 5.10. The van der Waals surface area contributed by atoms with Gasteiger partial charge in [-0.25, -0.2) is 0 Å². The van der Waals surface area contributed by atoms with E-state index in [0.29, 0.717) is 6.42 Å². The van der Waals surface area contributed by atoms with E-state index in [9.17, 15) is 10.2 Å². The SMILES string of the molecule is C[C@@H]([C@@H](O)[C@@H](C)CO)[C@H](O)CCc1ccccc1. The Balaban J connectivity index is 2.42. The summed E-state index contributed by atoms with van der Waals surface area (Å²) in [6, 6.07) is 9.99. The van der Waals surface area contributed by atoms with Crippen LogP contribution in [0.15, 0.2) is 30.3 Å².